The highest BCUT2D eigenvalue weighted by Gasteiger charge is 2.18. The van der Waals surface area contributed by atoms with Crippen LogP contribution in [0.15, 0.2) is 67.4 Å². The molecule has 8 nitrogen and oxygen atoms in total. The van der Waals surface area contributed by atoms with E-state index in [1.807, 2.05) is 50.2 Å². The van der Waals surface area contributed by atoms with Gasteiger partial charge in [-0.15, -0.1) is 0 Å². The molecule has 4 aromatic heterocycles. The van der Waals surface area contributed by atoms with Gasteiger partial charge in [0.2, 0.25) is 0 Å². The SMILES string of the molecule is Cc1c(C(=O)N[C@H](C)Cc2ccccn2)cnn1-c1nccc(-c2cccnc2)n1. The van der Waals surface area contributed by atoms with Crippen LogP contribution >= 0.6 is 0 Å². The smallest absolute Gasteiger partial charge is 0.254 e. The third-order valence-electron chi connectivity index (χ3n) is 4.66. The molecule has 0 aromatic carbocycles. The van der Waals surface area contributed by atoms with Gasteiger partial charge in [-0.1, -0.05) is 6.07 Å². The fraction of sp³-hybridized carbons (Fsp3) is 0.182. The fourth-order valence-corrected chi connectivity index (χ4v) is 3.14. The van der Waals surface area contributed by atoms with E-state index >= 15 is 0 Å². The van der Waals surface area contributed by atoms with Crippen molar-refractivity contribution in [3.63, 3.8) is 0 Å². The Bertz CT molecular complexity index is 1140. The van der Waals surface area contributed by atoms with Crippen LogP contribution in [0, 0.1) is 6.92 Å². The highest BCUT2D eigenvalue weighted by atomic mass is 16.1. The van der Waals surface area contributed by atoms with Gasteiger partial charge in [-0.3, -0.25) is 14.8 Å². The molecule has 0 saturated carbocycles. The van der Waals surface area contributed by atoms with Gasteiger partial charge in [0.15, 0.2) is 0 Å². The summed E-state index contributed by atoms with van der Waals surface area (Å²) in [6.45, 7) is 3.78. The van der Waals surface area contributed by atoms with Crippen LogP contribution in [0.2, 0.25) is 0 Å². The number of nitrogens with zero attached hydrogens (tertiary/aromatic N) is 6. The molecule has 0 aliphatic carbocycles. The van der Waals surface area contributed by atoms with Crippen molar-refractivity contribution in [3.05, 3.63) is 84.3 Å². The van der Waals surface area contributed by atoms with Crippen molar-refractivity contribution in [1.29, 1.82) is 0 Å². The van der Waals surface area contributed by atoms with Crippen LogP contribution in [0.4, 0.5) is 0 Å². The highest BCUT2D eigenvalue weighted by Crippen LogP contribution is 2.17. The maximum absolute atomic E-state index is 12.8. The molecular weight excluding hydrogens is 378 g/mol. The Morgan fingerprint density at radius 1 is 1.07 bits per heavy atom. The Morgan fingerprint density at radius 3 is 2.73 bits per heavy atom. The van der Waals surface area contributed by atoms with Crippen molar-refractivity contribution < 1.29 is 4.79 Å². The summed E-state index contributed by atoms with van der Waals surface area (Å²) < 4.78 is 1.57. The Labute approximate surface area is 174 Å². The lowest BCUT2D eigenvalue weighted by molar-refractivity contribution is 0.0939. The molecule has 4 aromatic rings. The molecule has 4 rings (SSSR count). The maximum atomic E-state index is 12.8. The number of pyridine rings is 2. The minimum Gasteiger partial charge on any atom is -0.349 e. The molecule has 0 bridgehead atoms. The first-order valence-corrected chi connectivity index (χ1v) is 9.61. The summed E-state index contributed by atoms with van der Waals surface area (Å²) in [6, 6.07) is 11.3. The van der Waals surface area contributed by atoms with E-state index in [1.54, 1.807) is 29.5 Å². The molecule has 4 heterocycles. The minimum absolute atomic E-state index is 0.0692. The standard InChI is InChI=1S/C22H21N7O/c1-15(12-18-7-3-4-10-24-18)27-21(30)19-14-26-29(16(19)2)22-25-11-8-20(28-22)17-6-5-9-23-13-17/h3-11,13-15H,12H2,1-2H3,(H,27,30)/t15-/m1/s1. The van der Waals surface area contributed by atoms with Gasteiger partial charge in [0.05, 0.1) is 23.1 Å². The summed E-state index contributed by atoms with van der Waals surface area (Å²) in [7, 11) is 0. The zero-order chi connectivity index (χ0) is 20.9. The monoisotopic (exact) mass is 399 g/mol. The second-order valence-electron chi connectivity index (χ2n) is 6.94. The van der Waals surface area contributed by atoms with Crippen LogP contribution in [0.3, 0.4) is 0 Å². The van der Waals surface area contributed by atoms with Crippen LogP contribution in [0.5, 0.6) is 0 Å². The third-order valence-corrected chi connectivity index (χ3v) is 4.66. The summed E-state index contributed by atoms with van der Waals surface area (Å²) in [5.41, 5.74) is 3.70. The van der Waals surface area contributed by atoms with Crippen molar-refractivity contribution in [1.82, 2.24) is 35.0 Å². The molecule has 1 N–H and O–H groups in total. The molecule has 0 fully saturated rings. The number of carbonyl (C=O) groups is 1. The van der Waals surface area contributed by atoms with E-state index in [9.17, 15) is 4.79 Å². The molecule has 0 saturated heterocycles. The van der Waals surface area contributed by atoms with Crippen LogP contribution < -0.4 is 5.32 Å². The molecule has 0 aliphatic rings. The Morgan fingerprint density at radius 2 is 1.97 bits per heavy atom. The molecule has 150 valence electrons. The number of hydrogen-bond donors (Lipinski definition) is 1. The highest BCUT2D eigenvalue weighted by molar-refractivity contribution is 5.95. The van der Waals surface area contributed by atoms with Gasteiger partial charge in [0.1, 0.15) is 0 Å². The summed E-state index contributed by atoms with van der Waals surface area (Å²) in [5.74, 6) is 0.208. The van der Waals surface area contributed by atoms with Gasteiger partial charge in [-0.05, 0) is 44.2 Å². The van der Waals surface area contributed by atoms with Crippen LogP contribution in [0.25, 0.3) is 17.2 Å². The fourth-order valence-electron chi connectivity index (χ4n) is 3.14. The topological polar surface area (TPSA) is 98.5 Å². The van der Waals surface area contributed by atoms with E-state index in [4.69, 9.17) is 0 Å². The first-order valence-electron chi connectivity index (χ1n) is 9.61. The van der Waals surface area contributed by atoms with Crippen molar-refractivity contribution >= 4 is 5.91 Å². The zero-order valence-electron chi connectivity index (χ0n) is 16.7. The predicted molar refractivity (Wildman–Crippen MR) is 112 cm³/mol. The van der Waals surface area contributed by atoms with Gasteiger partial charge < -0.3 is 5.32 Å². The lowest BCUT2D eigenvalue weighted by Gasteiger charge is -2.13. The van der Waals surface area contributed by atoms with Gasteiger partial charge >= 0.3 is 0 Å². The number of hydrogen-bond acceptors (Lipinski definition) is 6. The quantitative estimate of drug-likeness (QED) is 0.535. The molecule has 1 atom stereocenters. The predicted octanol–water partition coefficient (Wildman–Crippen LogP) is 2.79. The normalized spacial score (nSPS) is 11.8. The Hall–Kier alpha value is -3.94. The molecule has 30 heavy (non-hydrogen) atoms. The van der Waals surface area contributed by atoms with Gasteiger partial charge in [0.25, 0.3) is 11.9 Å². The van der Waals surface area contributed by atoms with Crippen LogP contribution in [-0.2, 0) is 6.42 Å². The summed E-state index contributed by atoms with van der Waals surface area (Å²) in [5, 5.41) is 7.34. The number of aromatic nitrogens is 6. The summed E-state index contributed by atoms with van der Waals surface area (Å²) >= 11 is 0. The molecule has 0 spiro atoms. The first-order chi connectivity index (χ1) is 14.6. The number of rotatable bonds is 6. The largest absolute Gasteiger partial charge is 0.349 e. The molecular formula is C22H21N7O. The van der Waals surface area contributed by atoms with Crippen molar-refractivity contribution in [2.24, 2.45) is 0 Å². The maximum Gasteiger partial charge on any atom is 0.254 e. The molecule has 8 heteroatoms. The summed E-state index contributed by atoms with van der Waals surface area (Å²) in [4.78, 5) is 30.1. The van der Waals surface area contributed by atoms with Gasteiger partial charge in [-0.25, -0.2) is 14.6 Å². The van der Waals surface area contributed by atoms with Crippen molar-refractivity contribution in [2.45, 2.75) is 26.3 Å². The number of carbonyl (C=O) groups excluding carboxylic acids is 1. The second-order valence-corrected chi connectivity index (χ2v) is 6.94. The summed E-state index contributed by atoms with van der Waals surface area (Å²) in [6.07, 6.45) is 9.05. The van der Waals surface area contributed by atoms with Crippen LogP contribution in [0.1, 0.15) is 28.7 Å². The second kappa shape index (κ2) is 8.60. The van der Waals surface area contributed by atoms with E-state index in [-0.39, 0.29) is 11.9 Å². The molecule has 1 amide bonds. The number of nitrogens with one attached hydrogen (secondary N) is 1. The van der Waals surface area contributed by atoms with Crippen LogP contribution in [-0.4, -0.2) is 41.7 Å². The molecule has 0 unspecified atom stereocenters. The van der Waals surface area contributed by atoms with Crippen molar-refractivity contribution in [2.75, 3.05) is 0 Å². The lowest BCUT2D eigenvalue weighted by Crippen LogP contribution is -2.34. The van der Waals surface area contributed by atoms with E-state index < -0.39 is 0 Å². The van der Waals surface area contributed by atoms with E-state index in [1.165, 1.54) is 6.20 Å². The van der Waals surface area contributed by atoms with Gasteiger partial charge in [-0.2, -0.15) is 5.10 Å². The average molecular weight is 399 g/mol. The first kappa shape index (κ1) is 19.4. The van der Waals surface area contributed by atoms with E-state index in [0.29, 0.717) is 23.6 Å². The zero-order valence-corrected chi connectivity index (χ0v) is 16.7. The average Bonchev–Trinajstić information content (AvgIpc) is 3.16. The molecule has 0 radical (unpaired) electrons. The van der Waals surface area contributed by atoms with E-state index in [2.05, 4.69) is 30.4 Å². The Balaban J connectivity index is 1.52. The Kier molecular flexibility index (Phi) is 5.56. The van der Waals surface area contributed by atoms with E-state index in [0.717, 1.165) is 17.0 Å². The van der Waals surface area contributed by atoms with Gasteiger partial charge in [0, 0.05) is 48.5 Å². The number of amides is 1. The minimum atomic E-state index is -0.189. The third kappa shape index (κ3) is 4.22. The molecule has 0 aliphatic heterocycles. The van der Waals surface area contributed by atoms with Crippen molar-refractivity contribution in [3.8, 4) is 17.2 Å². The lowest BCUT2D eigenvalue weighted by atomic mass is 10.1.